The molecule has 16 heavy (non-hydrogen) atoms. The molecule has 0 spiro atoms. The number of halogens is 2. The van der Waals surface area contributed by atoms with Crippen LogP contribution in [0.5, 0.6) is 0 Å². The SMILES string of the molecule is CC(C)CCCC(O)c1cccc(Cl)c1Cl. The lowest BCUT2D eigenvalue weighted by atomic mass is 10.00. The van der Waals surface area contributed by atoms with Gasteiger partial charge in [-0.2, -0.15) is 0 Å². The Morgan fingerprint density at radius 1 is 1.19 bits per heavy atom. The van der Waals surface area contributed by atoms with E-state index in [0.717, 1.165) is 24.8 Å². The minimum Gasteiger partial charge on any atom is -0.388 e. The Morgan fingerprint density at radius 3 is 2.50 bits per heavy atom. The van der Waals surface area contributed by atoms with Gasteiger partial charge >= 0.3 is 0 Å². The van der Waals surface area contributed by atoms with Crippen molar-refractivity contribution in [1.29, 1.82) is 0 Å². The van der Waals surface area contributed by atoms with E-state index in [-0.39, 0.29) is 0 Å². The van der Waals surface area contributed by atoms with Gasteiger partial charge in [0.2, 0.25) is 0 Å². The predicted molar refractivity (Wildman–Crippen MR) is 70.1 cm³/mol. The highest BCUT2D eigenvalue weighted by Crippen LogP contribution is 2.32. The van der Waals surface area contributed by atoms with Crippen LogP contribution < -0.4 is 0 Å². The van der Waals surface area contributed by atoms with Gasteiger partial charge in [0.15, 0.2) is 0 Å². The Bertz CT molecular complexity index is 337. The van der Waals surface area contributed by atoms with Crippen LogP contribution >= 0.6 is 23.2 Å². The molecule has 0 saturated carbocycles. The van der Waals surface area contributed by atoms with Gasteiger partial charge in [0.25, 0.3) is 0 Å². The molecule has 90 valence electrons. The average Bonchev–Trinajstić information content (AvgIpc) is 2.21. The quantitative estimate of drug-likeness (QED) is 0.803. The second-order valence-electron chi connectivity index (χ2n) is 4.48. The summed E-state index contributed by atoms with van der Waals surface area (Å²) in [7, 11) is 0. The summed E-state index contributed by atoms with van der Waals surface area (Å²) < 4.78 is 0. The molecule has 0 amide bonds. The highest BCUT2D eigenvalue weighted by molar-refractivity contribution is 6.42. The zero-order valence-electron chi connectivity index (χ0n) is 9.71. The van der Waals surface area contributed by atoms with Gasteiger partial charge in [0.1, 0.15) is 0 Å². The first-order chi connectivity index (χ1) is 7.52. The largest absolute Gasteiger partial charge is 0.388 e. The van der Waals surface area contributed by atoms with Crippen LogP contribution in [0.3, 0.4) is 0 Å². The first kappa shape index (κ1) is 13.8. The van der Waals surface area contributed by atoms with Crippen LogP contribution in [-0.2, 0) is 0 Å². The third kappa shape index (κ3) is 3.97. The highest BCUT2D eigenvalue weighted by Gasteiger charge is 2.13. The summed E-state index contributed by atoms with van der Waals surface area (Å²) in [5, 5.41) is 11.0. The van der Waals surface area contributed by atoms with Gasteiger partial charge < -0.3 is 5.11 Å². The summed E-state index contributed by atoms with van der Waals surface area (Å²) in [4.78, 5) is 0. The Hall–Kier alpha value is -0.240. The lowest BCUT2D eigenvalue weighted by Gasteiger charge is -2.14. The number of benzene rings is 1. The minimum atomic E-state index is -0.509. The van der Waals surface area contributed by atoms with E-state index in [4.69, 9.17) is 23.2 Å². The second-order valence-corrected chi connectivity index (χ2v) is 5.27. The molecule has 0 heterocycles. The monoisotopic (exact) mass is 260 g/mol. The third-order valence-electron chi connectivity index (χ3n) is 2.60. The van der Waals surface area contributed by atoms with E-state index in [1.165, 1.54) is 0 Å². The number of rotatable bonds is 5. The first-order valence-corrected chi connectivity index (χ1v) is 6.40. The van der Waals surface area contributed by atoms with Crippen LogP contribution in [0.2, 0.25) is 10.0 Å². The van der Waals surface area contributed by atoms with E-state index in [2.05, 4.69) is 13.8 Å². The van der Waals surface area contributed by atoms with Crippen molar-refractivity contribution in [2.24, 2.45) is 5.92 Å². The maximum absolute atomic E-state index is 10.00. The van der Waals surface area contributed by atoms with Gasteiger partial charge in [-0.3, -0.25) is 0 Å². The maximum Gasteiger partial charge on any atom is 0.0805 e. The molecule has 1 nitrogen and oxygen atoms in total. The van der Waals surface area contributed by atoms with Gasteiger partial charge in [-0.05, 0) is 18.4 Å². The molecular weight excluding hydrogens is 243 g/mol. The zero-order chi connectivity index (χ0) is 12.1. The molecule has 1 aromatic rings. The number of aliphatic hydroxyl groups excluding tert-OH is 1. The second kappa shape index (κ2) is 6.48. The average molecular weight is 261 g/mol. The van der Waals surface area contributed by atoms with E-state index in [1.54, 1.807) is 6.07 Å². The molecule has 0 aliphatic rings. The fourth-order valence-electron chi connectivity index (χ4n) is 1.65. The van der Waals surface area contributed by atoms with Crippen LogP contribution in [0.25, 0.3) is 0 Å². The molecule has 0 bridgehead atoms. The van der Waals surface area contributed by atoms with E-state index in [9.17, 15) is 5.11 Å². The van der Waals surface area contributed by atoms with Crippen molar-refractivity contribution < 1.29 is 5.11 Å². The molecule has 0 saturated heterocycles. The predicted octanol–water partition coefficient (Wildman–Crippen LogP) is 4.85. The summed E-state index contributed by atoms with van der Waals surface area (Å²) in [5.74, 6) is 0.669. The van der Waals surface area contributed by atoms with Crippen molar-refractivity contribution in [2.45, 2.75) is 39.2 Å². The molecule has 1 aromatic carbocycles. The molecule has 1 unspecified atom stereocenters. The van der Waals surface area contributed by atoms with Crippen LogP contribution in [0.1, 0.15) is 44.8 Å². The molecule has 1 N–H and O–H groups in total. The fraction of sp³-hybridized carbons (Fsp3) is 0.538. The van der Waals surface area contributed by atoms with Crippen molar-refractivity contribution in [1.82, 2.24) is 0 Å². The topological polar surface area (TPSA) is 20.2 Å². The van der Waals surface area contributed by atoms with Crippen molar-refractivity contribution >= 4 is 23.2 Å². The summed E-state index contributed by atoms with van der Waals surface area (Å²) in [6.07, 6.45) is 2.35. The smallest absolute Gasteiger partial charge is 0.0805 e. The first-order valence-electron chi connectivity index (χ1n) is 5.64. The molecule has 0 aliphatic heterocycles. The molecule has 0 aromatic heterocycles. The lowest BCUT2D eigenvalue weighted by Crippen LogP contribution is -1.99. The lowest BCUT2D eigenvalue weighted by molar-refractivity contribution is 0.162. The van der Waals surface area contributed by atoms with Crippen molar-refractivity contribution in [3.63, 3.8) is 0 Å². The summed E-state index contributed by atoms with van der Waals surface area (Å²) in [6.45, 7) is 4.36. The van der Waals surface area contributed by atoms with Gasteiger partial charge in [0, 0.05) is 5.56 Å². The highest BCUT2D eigenvalue weighted by atomic mass is 35.5. The van der Waals surface area contributed by atoms with Gasteiger partial charge in [0.05, 0.1) is 16.1 Å². The molecule has 1 rings (SSSR count). The van der Waals surface area contributed by atoms with Crippen molar-refractivity contribution in [3.05, 3.63) is 33.8 Å². The Morgan fingerprint density at radius 2 is 1.88 bits per heavy atom. The van der Waals surface area contributed by atoms with Crippen LogP contribution in [-0.4, -0.2) is 5.11 Å². The summed E-state index contributed by atoms with van der Waals surface area (Å²) >= 11 is 11.9. The van der Waals surface area contributed by atoms with Crippen LogP contribution in [0.4, 0.5) is 0 Å². The molecule has 3 heteroatoms. The molecule has 0 aliphatic carbocycles. The van der Waals surface area contributed by atoms with Gasteiger partial charge in [-0.15, -0.1) is 0 Å². The Kier molecular flexibility index (Phi) is 5.60. The standard InChI is InChI=1S/C13H18Cl2O/c1-9(2)5-3-8-12(16)10-6-4-7-11(14)13(10)15/h4,6-7,9,12,16H,3,5,8H2,1-2H3. The number of hydrogen-bond donors (Lipinski definition) is 1. The zero-order valence-corrected chi connectivity index (χ0v) is 11.2. The minimum absolute atomic E-state index is 0.473. The van der Waals surface area contributed by atoms with Crippen molar-refractivity contribution in [3.8, 4) is 0 Å². The van der Waals surface area contributed by atoms with Gasteiger partial charge in [-0.1, -0.05) is 62.0 Å². The van der Waals surface area contributed by atoms with E-state index in [1.807, 2.05) is 12.1 Å². The van der Waals surface area contributed by atoms with Crippen LogP contribution in [0.15, 0.2) is 18.2 Å². The number of hydrogen-bond acceptors (Lipinski definition) is 1. The van der Waals surface area contributed by atoms with E-state index < -0.39 is 6.10 Å². The Balaban J connectivity index is 2.59. The normalized spacial score (nSPS) is 13.1. The molecular formula is C13H18Cl2O. The molecule has 0 fully saturated rings. The van der Waals surface area contributed by atoms with Gasteiger partial charge in [-0.25, -0.2) is 0 Å². The van der Waals surface area contributed by atoms with E-state index in [0.29, 0.717) is 16.0 Å². The maximum atomic E-state index is 10.00. The number of aliphatic hydroxyl groups is 1. The fourth-order valence-corrected chi connectivity index (χ4v) is 2.09. The van der Waals surface area contributed by atoms with Crippen LogP contribution in [0, 0.1) is 5.92 Å². The van der Waals surface area contributed by atoms with E-state index >= 15 is 0 Å². The van der Waals surface area contributed by atoms with Crippen molar-refractivity contribution in [2.75, 3.05) is 0 Å². The molecule has 0 radical (unpaired) electrons. The summed E-state index contributed by atoms with van der Waals surface area (Å²) in [5.41, 5.74) is 0.734. The molecule has 1 atom stereocenters. The Labute approximate surface area is 107 Å². The third-order valence-corrected chi connectivity index (χ3v) is 3.43. The summed E-state index contributed by atoms with van der Waals surface area (Å²) in [6, 6.07) is 5.37.